The van der Waals surface area contributed by atoms with Crippen molar-refractivity contribution in [2.45, 2.75) is 25.8 Å². The number of halogens is 1. The minimum atomic E-state index is 0.574. The second-order valence-electron chi connectivity index (χ2n) is 5.08. The highest BCUT2D eigenvalue weighted by molar-refractivity contribution is 9.08. The molecule has 0 unspecified atom stereocenters. The van der Waals surface area contributed by atoms with Crippen LogP contribution >= 0.6 is 15.9 Å². The molecule has 0 aromatic heterocycles. The first-order chi connectivity index (χ1) is 11.8. The molecule has 0 radical (unpaired) electrons. The summed E-state index contributed by atoms with van der Waals surface area (Å²) in [7, 11) is 1.69. The third-order valence-electron chi connectivity index (χ3n) is 3.61. The molecular formula is C21H23BrO2. The van der Waals surface area contributed by atoms with Gasteiger partial charge < -0.3 is 9.47 Å². The largest absolute Gasteiger partial charge is 0.497 e. The van der Waals surface area contributed by atoms with Crippen LogP contribution in [0.25, 0.3) is 10.8 Å². The van der Waals surface area contributed by atoms with Crippen molar-refractivity contribution in [2.24, 2.45) is 0 Å². The van der Waals surface area contributed by atoms with E-state index in [0.717, 1.165) is 27.8 Å². The van der Waals surface area contributed by atoms with Crippen LogP contribution in [0.1, 0.15) is 25.0 Å². The van der Waals surface area contributed by atoms with E-state index in [2.05, 4.69) is 52.3 Å². The summed E-state index contributed by atoms with van der Waals surface area (Å²) >= 11 is 3.56. The molecule has 0 amide bonds. The third-order valence-corrected chi connectivity index (χ3v) is 4.22. The average Bonchev–Trinajstić information content (AvgIpc) is 2.67. The summed E-state index contributed by atoms with van der Waals surface area (Å²) in [5.74, 6) is 1.75. The Kier molecular flexibility index (Phi) is 7.13. The van der Waals surface area contributed by atoms with E-state index in [-0.39, 0.29) is 0 Å². The monoisotopic (exact) mass is 386 g/mol. The fourth-order valence-corrected chi connectivity index (χ4v) is 2.91. The Morgan fingerprint density at radius 2 is 1.62 bits per heavy atom. The van der Waals surface area contributed by atoms with Crippen LogP contribution in [0.5, 0.6) is 11.5 Å². The van der Waals surface area contributed by atoms with Crippen molar-refractivity contribution < 1.29 is 9.47 Å². The molecule has 3 rings (SSSR count). The molecule has 0 bridgehead atoms. The highest BCUT2D eigenvalue weighted by atomic mass is 79.9. The van der Waals surface area contributed by atoms with Crippen LogP contribution in [-0.2, 0) is 11.9 Å². The second-order valence-corrected chi connectivity index (χ2v) is 5.64. The van der Waals surface area contributed by atoms with Gasteiger partial charge in [-0.05, 0) is 46.2 Å². The molecule has 0 atom stereocenters. The van der Waals surface area contributed by atoms with E-state index in [1.54, 1.807) is 7.11 Å². The van der Waals surface area contributed by atoms with Gasteiger partial charge >= 0.3 is 0 Å². The van der Waals surface area contributed by atoms with Gasteiger partial charge in [-0.1, -0.05) is 66.2 Å². The van der Waals surface area contributed by atoms with Gasteiger partial charge in [-0.25, -0.2) is 0 Å². The van der Waals surface area contributed by atoms with Crippen LogP contribution in [0.2, 0.25) is 0 Å². The molecule has 2 nitrogen and oxygen atoms in total. The van der Waals surface area contributed by atoms with Gasteiger partial charge in [0.05, 0.1) is 7.11 Å². The maximum absolute atomic E-state index is 5.95. The lowest BCUT2D eigenvalue weighted by atomic mass is 10.0. The number of benzene rings is 3. The molecular weight excluding hydrogens is 364 g/mol. The average molecular weight is 387 g/mol. The van der Waals surface area contributed by atoms with Crippen molar-refractivity contribution in [3.8, 4) is 11.5 Å². The number of alkyl halides is 1. The quantitative estimate of drug-likeness (QED) is 0.475. The van der Waals surface area contributed by atoms with Crippen LogP contribution in [0.15, 0.2) is 60.7 Å². The molecule has 0 N–H and O–H groups in total. The normalized spacial score (nSPS) is 10.0. The van der Waals surface area contributed by atoms with Crippen LogP contribution in [-0.4, -0.2) is 7.11 Å². The van der Waals surface area contributed by atoms with Crippen LogP contribution in [0, 0.1) is 0 Å². The minimum Gasteiger partial charge on any atom is -0.497 e. The molecule has 0 fully saturated rings. The van der Waals surface area contributed by atoms with Gasteiger partial charge in [-0.15, -0.1) is 0 Å². The molecule has 0 saturated heterocycles. The maximum atomic E-state index is 5.95. The molecule has 0 aliphatic heterocycles. The Labute approximate surface area is 152 Å². The molecule has 0 aliphatic carbocycles. The highest BCUT2D eigenvalue weighted by Crippen LogP contribution is 2.30. The molecule has 3 heteroatoms. The zero-order valence-electron chi connectivity index (χ0n) is 14.4. The lowest BCUT2D eigenvalue weighted by molar-refractivity contribution is 0.306. The van der Waals surface area contributed by atoms with E-state index in [4.69, 9.17) is 9.47 Å². The van der Waals surface area contributed by atoms with Crippen molar-refractivity contribution in [2.75, 3.05) is 7.11 Å². The van der Waals surface area contributed by atoms with Gasteiger partial charge in [0.25, 0.3) is 0 Å². The van der Waals surface area contributed by atoms with E-state index in [1.165, 1.54) is 10.9 Å². The van der Waals surface area contributed by atoms with E-state index in [1.807, 2.05) is 38.1 Å². The van der Waals surface area contributed by atoms with Crippen molar-refractivity contribution in [1.29, 1.82) is 0 Å². The SMILES string of the molecule is CC.COc1ccc2cc(OCc3ccccc3)cc(CBr)c2c1. The topological polar surface area (TPSA) is 18.5 Å². The highest BCUT2D eigenvalue weighted by Gasteiger charge is 2.06. The summed E-state index contributed by atoms with van der Waals surface area (Å²) in [4.78, 5) is 0. The Morgan fingerprint density at radius 1 is 0.875 bits per heavy atom. The fourth-order valence-electron chi connectivity index (χ4n) is 2.45. The second kappa shape index (κ2) is 9.33. The first-order valence-corrected chi connectivity index (χ1v) is 9.25. The van der Waals surface area contributed by atoms with Crippen LogP contribution in [0.4, 0.5) is 0 Å². The first kappa shape index (κ1) is 18.3. The van der Waals surface area contributed by atoms with Gasteiger partial charge in [0.1, 0.15) is 18.1 Å². The Bertz CT molecular complexity index is 769. The summed E-state index contributed by atoms with van der Waals surface area (Å²) in [6.45, 7) is 4.57. The zero-order chi connectivity index (χ0) is 17.4. The number of hydrogen-bond donors (Lipinski definition) is 0. The van der Waals surface area contributed by atoms with Crippen molar-refractivity contribution >= 4 is 26.7 Å². The molecule has 3 aromatic rings. The van der Waals surface area contributed by atoms with E-state index >= 15 is 0 Å². The van der Waals surface area contributed by atoms with Crippen molar-refractivity contribution in [3.05, 3.63) is 71.8 Å². The minimum absolute atomic E-state index is 0.574. The zero-order valence-corrected chi connectivity index (χ0v) is 16.0. The number of methoxy groups -OCH3 is 1. The van der Waals surface area contributed by atoms with E-state index in [9.17, 15) is 0 Å². The Balaban J connectivity index is 0.00000100. The smallest absolute Gasteiger partial charge is 0.120 e. The fraction of sp³-hybridized carbons (Fsp3) is 0.238. The van der Waals surface area contributed by atoms with Crippen LogP contribution < -0.4 is 9.47 Å². The van der Waals surface area contributed by atoms with Gasteiger partial charge in [-0.3, -0.25) is 0 Å². The summed E-state index contributed by atoms with van der Waals surface area (Å²) in [5.41, 5.74) is 2.36. The number of fused-ring (bicyclic) bond motifs is 1. The van der Waals surface area contributed by atoms with Crippen molar-refractivity contribution in [1.82, 2.24) is 0 Å². The predicted octanol–water partition coefficient (Wildman–Crippen LogP) is 6.35. The lowest BCUT2D eigenvalue weighted by Gasteiger charge is -2.11. The number of rotatable bonds is 5. The standard InChI is InChI=1S/C19H17BrO2.C2H6/c1-21-17-8-7-15-9-18(10-16(12-20)19(15)11-17)22-13-14-5-3-2-4-6-14;1-2/h2-11H,12-13H2,1H3;1-2H3. The molecule has 0 aliphatic rings. The molecule has 0 spiro atoms. The van der Waals surface area contributed by atoms with Crippen molar-refractivity contribution in [3.63, 3.8) is 0 Å². The predicted molar refractivity (Wildman–Crippen MR) is 105 cm³/mol. The summed E-state index contributed by atoms with van der Waals surface area (Å²) < 4.78 is 11.3. The third kappa shape index (κ3) is 4.51. The molecule has 126 valence electrons. The van der Waals surface area contributed by atoms with E-state index in [0.29, 0.717) is 6.61 Å². The lowest BCUT2D eigenvalue weighted by Crippen LogP contribution is -1.96. The van der Waals surface area contributed by atoms with Gasteiger partial charge in [0.2, 0.25) is 0 Å². The summed E-state index contributed by atoms with van der Waals surface area (Å²) in [6, 6.07) is 20.4. The summed E-state index contributed by atoms with van der Waals surface area (Å²) in [6.07, 6.45) is 0. The molecule has 0 saturated carbocycles. The van der Waals surface area contributed by atoms with Gasteiger partial charge in [0, 0.05) is 5.33 Å². The van der Waals surface area contributed by atoms with Gasteiger partial charge in [-0.2, -0.15) is 0 Å². The molecule has 3 aromatic carbocycles. The first-order valence-electron chi connectivity index (χ1n) is 8.13. The number of hydrogen-bond acceptors (Lipinski definition) is 2. The number of ether oxygens (including phenoxy) is 2. The van der Waals surface area contributed by atoms with Gasteiger partial charge in [0.15, 0.2) is 0 Å². The van der Waals surface area contributed by atoms with Crippen LogP contribution in [0.3, 0.4) is 0 Å². The Morgan fingerprint density at radius 3 is 2.29 bits per heavy atom. The molecule has 24 heavy (non-hydrogen) atoms. The maximum Gasteiger partial charge on any atom is 0.120 e. The Hall–Kier alpha value is -2.00. The van der Waals surface area contributed by atoms with E-state index < -0.39 is 0 Å². The molecule has 0 heterocycles. The summed E-state index contributed by atoms with van der Waals surface area (Å²) in [5, 5.41) is 3.11.